The van der Waals surface area contributed by atoms with Gasteiger partial charge in [0.05, 0.1) is 12.1 Å². The van der Waals surface area contributed by atoms with Crippen molar-refractivity contribution in [3.63, 3.8) is 0 Å². The second-order valence-electron chi connectivity index (χ2n) is 6.00. The molecular weight excluding hydrogens is 434 g/mol. The van der Waals surface area contributed by atoms with Gasteiger partial charge in [-0.2, -0.15) is 14.0 Å². The highest BCUT2D eigenvalue weighted by Crippen LogP contribution is 2.29. The zero-order chi connectivity index (χ0) is 23.0. The fraction of sp³-hybridized carbons (Fsp3) is 0.190. The maximum atomic E-state index is 12.3. The Kier molecular flexibility index (Phi) is 8.34. The Morgan fingerprint density at radius 1 is 1.19 bits per heavy atom. The zero-order valence-corrected chi connectivity index (χ0v) is 17.2. The first-order valence-electron chi connectivity index (χ1n) is 8.75. The van der Waals surface area contributed by atoms with Crippen LogP contribution in [0, 0.1) is 11.3 Å². The van der Waals surface area contributed by atoms with Gasteiger partial charge >= 0.3 is 12.6 Å². The molecule has 0 aromatic heterocycles. The molecule has 0 heterocycles. The van der Waals surface area contributed by atoms with Gasteiger partial charge in [-0.25, -0.2) is 4.79 Å². The number of hydrogen-bond donors (Lipinski definition) is 1. The Bertz CT molecular complexity index is 1020. The van der Waals surface area contributed by atoms with E-state index in [1.165, 1.54) is 32.2 Å². The van der Waals surface area contributed by atoms with E-state index in [2.05, 4.69) is 10.1 Å². The molecule has 2 aromatic rings. The van der Waals surface area contributed by atoms with Gasteiger partial charge in [0.2, 0.25) is 0 Å². The van der Waals surface area contributed by atoms with Gasteiger partial charge in [0.1, 0.15) is 23.1 Å². The van der Waals surface area contributed by atoms with Crippen LogP contribution in [0.3, 0.4) is 0 Å². The molecule has 1 amide bonds. The third-order valence-electron chi connectivity index (χ3n) is 3.84. The fourth-order valence-corrected chi connectivity index (χ4v) is 2.52. The maximum Gasteiger partial charge on any atom is 0.387 e. The van der Waals surface area contributed by atoms with Crippen LogP contribution in [0.5, 0.6) is 11.5 Å². The van der Waals surface area contributed by atoms with Crippen molar-refractivity contribution >= 4 is 35.2 Å². The van der Waals surface area contributed by atoms with E-state index in [-0.39, 0.29) is 22.0 Å². The highest BCUT2D eigenvalue weighted by Gasteiger charge is 2.21. The van der Waals surface area contributed by atoms with E-state index in [1.807, 2.05) is 0 Å². The Morgan fingerprint density at radius 3 is 2.42 bits per heavy atom. The van der Waals surface area contributed by atoms with E-state index in [1.54, 1.807) is 30.3 Å². The van der Waals surface area contributed by atoms with Crippen molar-refractivity contribution in [1.29, 1.82) is 5.26 Å². The van der Waals surface area contributed by atoms with E-state index >= 15 is 0 Å². The minimum absolute atomic E-state index is 0.142. The molecule has 31 heavy (non-hydrogen) atoms. The molecule has 0 aliphatic rings. The zero-order valence-electron chi connectivity index (χ0n) is 16.4. The van der Waals surface area contributed by atoms with Gasteiger partial charge in [-0.3, -0.25) is 4.79 Å². The van der Waals surface area contributed by atoms with Crippen molar-refractivity contribution in [1.82, 2.24) is 0 Å². The second-order valence-corrected chi connectivity index (χ2v) is 6.41. The van der Waals surface area contributed by atoms with Crippen LogP contribution in [0.4, 0.5) is 14.5 Å². The molecule has 0 radical (unpaired) electrons. The summed E-state index contributed by atoms with van der Waals surface area (Å²) in [6.07, 6.45) is 0.0596. The lowest BCUT2D eigenvalue weighted by Gasteiger charge is -2.14. The smallest absolute Gasteiger partial charge is 0.387 e. The standard InChI is InChI=1S/C21H17ClF2N2O5/c1-12(19(27)26-15-5-8-18(17(22)10-15)31-21(23)24)30-20(28)14(11-25)9-13-3-6-16(29-2)7-4-13/h3-10,12,21H,1-2H3,(H,26,27)/b14-9+. The highest BCUT2D eigenvalue weighted by molar-refractivity contribution is 6.32. The van der Waals surface area contributed by atoms with E-state index in [9.17, 15) is 23.6 Å². The number of esters is 1. The number of rotatable bonds is 8. The first-order chi connectivity index (χ1) is 14.7. The predicted octanol–water partition coefficient (Wildman–Crippen LogP) is 4.43. The molecule has 0 bridgehead atoms. The lowest BCUT2D eigenvalue weighted by Crippen LogP contribution is -2.30. The summed E-state index contributed by atoms with van der Waals surface area (Å²) < 4.78 is 38.8. The summed E-state index contributed by atoms with van der Waals surface area (Å²) in [5, 5.41) is 11.5. The normalized spacial score (nSPS) is 12.0. The summed E-state index contributed by atoms with van der Waals surface area (Å²) in [7, 11) is 1.51. The summed E-state index contributed by atoms with van der Waals surface area (Å²) in [5.74, 6) is -1.35. The third-order valence-corrected chi connectivity index (χ3v) is 4.13. The minimum atomic E-state index is -3.04. The molecule has 0 saturated carbocycles. The van der Waals surface area contributed by atoms with Crippen molar-refractivity contribution < 1.29 is 32.6 Å². The summed E-state index contributed by atoms with van der Waals surface area (Å²) in [6.45, 7) is -1.73. The Balaban J connectivity index is 2.02. The number of methoxy groups -OCH3 is 1. The molecule has 2 aromatic carbocycles. The van der Waals surface area contributed by atoms with Gasteiger partial charge in [-0.1, -0.05) is 23.7 Å². The Hall–Kier alpha value is -3.64. The number of anilines is 1. The van der Waals surface area contributed by atoms with Crippen LogP contribution >= 0.6 is 11.6 Å². The summed E-state index contributed by atoms with van der Waals surface area (Å²) in [5.41, 5.74) is 0.433. The van der Waals surface area contributed by atoms with E-state index in [0.717, 1.165) is 6.07 Å². The van der Waals surface area contributed by atoms with Crippen LogP contribution in [0.25, 0.3) is 6.08 Å². The summed E-state index contributed by atoms with van der Waals surface area (Å²) >= 11 is 5.83. The topological polar surface area (TPSA) is 97.6 Å². The predicted molar refractivity (Wildman–Crippen MR) is 109 cm³/mol. The van der Waals surface area contributed by atoms with E-state index in [4.69, 9.17) is 21.1 Å². The molecular formula is C21H17ClF2N2O5. The van der Waals surface area contributed by atoms with Crippen molar-refractivity contribution in [2.45, 2.75) is 19.6 Å². The molecule has 2 rings (SSSR count). The van der Waals surface area contributed by atoms with Crippen LogP contribution in [-0.4, -0.2) is 31.7 Å². The van der Waals surface area contributed by atoms with Crippen LogP contribution in [0.1, 0.15) is 12.5 Å². The number of nitrogens with one attached hydrogen (secondary N) is 1. The van der Waals surface area contributed by atoms with Crippen LogP contribution in [0.15, 0.2) is 48.0 Å². The second kappa shape index (κ2) is 10.9. The fourth-order valence-electron chi connectivity index (χ4n) is 2.30. The van der Waals surface area contributed by atoms with E-state index < -0.39 is 24.6 Å². The molecule has 0 fully saturated rings. The number of amides is 1. The average Bonchev–Trinajstić information content (AvgIpc) is 2.73. The lowest BCUT2D eigenvalue weighted by atomic mass is 10.1. The lowest BCUT2D eigenvalue weighted by molar-refractivity contribution is -0.148. The Labute approximate surface area is 181 Å². The van der Waals surface area contributed by atoms with Gasteiger partial charge in [0.25, 0.3) is 5.91 Å². The van der Waals surface area contributed by atoms with Gasteiger partial charge in [0.15, 0.2) is 6.10 Å². The van der Waals surface area contributed by atoms with Gasteiger partial charge in [-0.05, 0) is 48.9 Å². The average molecular weight is 451 g/mol. The minimum Gasteiger partial charge on any atom is -0.497 e. The van der Waals surface area contributed by atoms with Crippen LogP contribution in [0.2, 0.25) is 5.02 Å². The first kappa shape index (κ1) is 23.6. The number of ether oxygens (including phenoxy) is 3. The maximum absolute atomic E-state index is 12.3. The van der Waals surface area contributed by atoms with Gasteiger partial charge in [0, 0.05) is 5.69 Å². The van der Waals surface area contributed by atoms with Crippen LogP contribution < -0.4 is 14.8 Å². The number of nitriles is 1. The quantitative estimate of drug-likeness (QED) is 0.363. The molecule has 1 atom stereocenters. The third kappa shape index (κ3) is 6.97. The summed E-state index contributed by atoms with van der Waals surface area (Å²) in [6, 6.07) is 12.0. The molecule has 10 heteroatoms. The van der Waals surface area contributed by atoms with E-state index in [0.29, 0.717) is 11.3 Å². The molecule has 162 valence electrons. The number of carbonyl (C=O) groups excluding carboxylic acids is 2. The molecule has 7 nitrogen and oxygen atoms in total. The van der Waals surface area contributed by atoms with Gasteiger partial charge < -0.3 is 19.5 Å². The number of halogens is 3. The molecule has 1 N–H and O–H groups in total. The molecule has 1 unspecified atom stereocenters. The largest absolute Gasteiger partial charge is 0.497 e. The molecule has 0 spiro atoms. The highest BCUT2D eigenvalue weighted by atomic mass is 35.5. The van der Waals surface area contributed by atoms with Crippen molar-refractivity contribution in [3.8, 4) is 17.6 Å². The van der Waals surface area contributed by atoms with Crippen molar-refractivity contribution in [3.05, 3.63) is 58.6 Å². The van der Waals surface area contributed by atoms with Crippen LogP contribution in [-0.2, 0) is 14.3 Å². The Morgan fingerprint density at radius 2 is 1.87 bits per heavy atom. The number of nitrogens with zero attached hydrogens (tertiary/aromatic N) is 1. The van der Waals surface area contributed by atoms with Crippen molar-refractivity contribution in [2.24, 2.45) is 0 Å². The molecule has 0 aliphatic heterocycles. The SMILES string of the molecule is COc1ccc(/C=C(\C#N)C(=O)OC(C)C(=O)Nc2ccc(OC(F)F)c(Cl)c2)cc1. The number of carbonyl (C=O) groups is 2. The number of alkyl halides is 2. The monoisotopic (exact) mass is 450 g/mol. The first-order valence-corrected chi connectivity index (χ1v) is 9.13. The van der Waals surface area contributed by atoms with Gasteiger partial charge in [-0.15, -0.1) is 0 Å². The summed E-state index contributed by atoms with van der Waals surface area (Å²) in [4.78, 5) is 24.5. The number of benzene rings is 2. The molecule has 0 aliphatic carbocycles. The molecule has 0 saturated heterocycles. The van der Waals surface area contributed by atoms with Crippen molar-refractivity contribution in [2.75, 3.05) is 12.4 Å². The number of hydrogen-bond acceptors (Lipinski definition) is 6.